The van der Waals surface area contributed by atoms with Gasteiger partial charge >= 0.3 is 0 Å². The van der Waals surface area contributed by atoms with Crippen molar-refractivity contribution >= 4 is 21.7 Å². The average Bonchev–Trinajstić information content (AvgIpc) is 2.17. The first-order valence-corrected chi connectivity index (χ1v) is 6.40. The van der Waals surface area contributed by atoms with Crippen LogP contribution in [-0.4, -0.2) is 9.81 Å². The maximum atomic E-state index is 5.86. The topological polar surface area (TPSA) is 38.9 Å². The molecule has 0 bridgehead atoms. The van der Waals surface area contributed by atoms with Gasteiger partial charge in [0, 0.05) is 11.0 Å². The quantitative estimate of drug-likeness (QED) is 0.833. The molecular formula is C12H19BrN2. The zero-order chi connectivity index (χ0) is 11.3. The molecular weight excluding hydrogens is 252 g/mol. The smallest absolute Gasteiger partial charge is 0.126 e. The van der Waals surface area contributed by atoms with Gasteiger partial charge in [0.1, 0.15) is 5.82 Å². The number of nitrogens with two attached hydrogens (primary N) is 1. The molecule has 0 saturated heterocycles. The summed E-state index contributed by atoms with van der Waals surface area (Å²) in [7, 11) is 0. The summed E-state index contributed by atoms with van der Waals surface area (Å²) in [5.74, 6) is 0.686. The third kappa shape index (κ3) is 3.82. The van der Waals surface area contributed by atoms with Crippen molar-refractivity contribution in [2.45, 2.75) is 44.4 Å². The van der Waals surface area contributed by atoms with Gasteiger partial charge < -0.3 is 5.73 Å². The molecule has 15 heavy (non-hydrogen) atoms. The summed E-state index contributed by atoms with van der Waals surface area (Å²) in [4.78, 5) is 4.72. The van der Waals surface area contributed by atoms with Crippen LogP contribution >= 0.6 is 15.9 Å². The van der Waals surface area contributed by atoms with Crippen LogP contribution in [-0.2, 0) is 6.42 Å². The fourth-order valence-electron chi connectivity index (χ4n) is 1.69. The van der Waals surface area contributed by atoms with Crippen LogP contribution in [0.1, 0.15) is 37.3 Å². The van der Waals surface area contributed by atoms with E-state index in [-0.39, 0.29) is 0 Å². The number of halogens is 1. The minimum Gasteiger partial charge on any atom is -0.383 e. The first-order valence-electron chi connectivity index (χ1n) is 5.49. The molecule has 1 rings (SSSR count). The Morgan fingerprint density at radius 3 is 2.80 bits per heavy atom. The van der Waals surface area contributed by atoms with Crippen molar-refractivity contribution in [3.8, 4) is 0 Å². The third-order valence-corrected chi connectivity index (χ3v) is 3.55. The highest BCUT2D eigenvalue weighted by Crippen LogP contribution is 2.20. The van der Waals surface area contributed by atoms with Crippen molar-refractivity contribution in [1.82, 2.24) is 4.98 Å². The van der Waals surface area contributed by atoms with E-state index in [0.29, 0.717) is 10.6 Å². The molecule has 3 heteroatoms. The monoisotopic (exact) mass is 270 g/mol. The molecule has 2 N–H and O–H groups in total. The van der Waals surface area contributed by atoms with Gasteiger partial charge in [0.15, 0.2) is 0 Å². The van der Waals surface area contributed by atoms with Crippen molar-refractivity contribution in [2.24, 2.45) is 0 Å². The summed E-state index contributed by atoms with van der Waals surface area (Å²) in [5.41, 5.74) is 8.31. The molecule has 1 unspecified atom stereocenters. The number of anilines is 1. The molecule has 84 valence electrons. The Kier molecular flexibility index (Phi) is 5.09. The zero-order valence-corrected chi connectivity index (χ0v) is 11.0. The number of nitrogen functional groups attached to an aromatic ring is 1. The third-order valence-electron chi connectivity index (χ3n) is 2.63. The van der Waals surface area contributed by atoms with Crippen LogP contribution in [0, 0.1) is 6.92 Å². The van der Waals surface area contributed by atoms with E-state index in [1.165, 1.54) is 24.0 Å². The van der Waals surface area contributed by atoms with E-state index < -0.39 is 0 Å². The minimum absolute atomic E-state index is 0.599. The number of aryl methyl sites for hydroxylation is 1. The van der Waals surface area contributed by atoms with E-state index in [1.54, 1.807) is 6.20 Å². The Bertz CT molecular complexity index is 292. The van der Waals surface area contributed by atoms with Crippen molar-refractivity contribution < 1.29 is 0 Å². The lowest BCUT2D eigenvalue weighted by atomic mass is 10.0. The summed E-state index contributed by atoms with van der Waals surface area (Å²) in [6.45, 7) is 4.30. The molecule has 0 amide bonds. The fourth-order valence-corrected chi connectivity index (χ4v) is 2.38. The van der Waals surface area contributed by atoms with E-state index in [2.05, 4.69) is 34.8 Å². The van der Waals surface area contributed by atoms with Crippen molar-refractivity contribution in [3.63, 3.8) is 0 Å². The zero-order valence-electron chi connectivity index (χ0n) is 9.46. The number of hydrogen-bond acceptors (Lipinski definition) is 2. The Morgan fingerprint density at radius 2 is 2.20 bits per heavy atom. The summed E-state index contributed by atoms with van der Waals surface area (Å²) in [5, 5.41) is 0. The van der Waals surface area contributed by atoms with Crippen LogP contribution in [0.5, 0.6) is 0 Å². The molecule has 0 saturated carbocycles. The number of rotatable bonds is 5. The van der Waals surface area contributed by atoms with Crippen LogP contribution in [0.25, 0.3) is 0 Å². The van der Waals surface area contributed by atoms with Crippen molar-refractivity contribution in [1.29, 1.82) is 0 Å². The van der Waals surface area contributed by atoms with Crippen LogP contribution in [0.4, 0.5) is 5.82 Å². The molecule has 0 aliphatic carbocycles. The van der Waals surface area contributed by atoms with Gasteiger partial charge in [-0.15, -0.1) is 0 Å². The van der Waals surface area contributed by atoms with E-state index in [1.807, 2.05) is 6.07 Å². The maximum absolute atomic E-state index is 5.86. The predicted molar refractivity (Wildman–Crippen MR) is 69.3 cm³/mol. The lowest BCUT2D eigenvalue weighted by Gasteiger charge is -2.11. The number of aromatic nitrogens is 1. The van der Waals surface area contributed by atoms with Gasteiger partial charge in [0.05, 0.1) is 0 Å². The number of nitrogens with zero attached hydrogens (tertiary/aromatic N) is 1. The highest BCUT2D eigenvalue weighted by molar-refractivity contribution is 9.09. The number of alkyl halides is 1. The van der Waals surface area contributed by atoms with Crippen LogP contribution < -0.4 is 5.73 Å². The predicted octanol–water partition coefficient (Wildman–Crippen LogP) is 3.47. The van der Waals surface area contributed by atoms with Crippen molar-refractivity contribution in [3.05, 3.63) is 23.4 Å². The molecule has 1 atom stereocenters. The first-order chi connectivity index (χ1) is 7.15. The fraction of sp³-hybridized carbons (Fsp3) is 0.583. The molecule has 0 radical (unpaired) electrons. The number of pyridine rings is 1. The summed E-state index contributed by atoms with van der Waals surface area (Å²) in [6.07, 6.45) is 6.36. The first kappa shape index (κ1) is 12.5. The van der Waals surface area contributed by atoms with Crippen LogP contribution in [0.3, 0.4) is 0 Å². The Hall–Kier alpha value is -0.570. The van der Waals surface area contributed by atoms with Gasteiger partial charge in [-0.3, -0.25) is 0 Å². The second-order valence-electron chi connectivity index (χ2n) is 3.92. The Morgan fingerprint density at radius 1 is 1.47 bits per heavy atom. The lowest BCUT2D eigenvalue weighted by molar-refractivity contribution is 0.691. The normalized spacial score (nSPS) is 12.7. The second-order valence-corrected chi connectivity index (χ2v) is 5.21. The SMILES string of the molecule is CCCC(Br)CCc1c(C)ccnc1N. The summed E-state index contributed by atoms with van der Waals surface area (Å²) >= 11 is 3.68. The molecule has 0 aliphatic heterocycles. The Labute approximate surface area is 100 Å². The van der Waals surface area contributed by atoms with Gasteiger partial charge in [-0.1, -0.05) is 29.3 Å². The van der Waals surface area contributed by atoms with E-state index in [4.69, 9.17) is 5.73 Å². The van der Waals surface area contributed by atoms with E-state index in [0.717, 1.165) is 12.8 Å². The summed E-state index contributed by atoms with van der Waals surface area (Å²) in [6, 6.07) is 2.02. The van der Waals surface area contributed by atoms with Gasteiger partial charge in [0.2, 0.25) is 0 Å². The number of hydrogen-bond donors (Lipinski definition) is 1. The largest absolute Gasteiger partial charge is 0.383 e. The molecule has 0 aliphatic rings. The molecule has 0 fully saturated rings. The maximum Gasteiger partial charge on any atom is 0.126 e. The molecule has 1 aromatic rings. The molecule has 1 heterocycles. The van der Waals surface area contributed by atoms with Gasteiger partial charge in [-0.25, -0.2) is 4.98 Å². The van der Waals surface area contributed by atoms with E-state index in [9.17, 15) is 0 Å². The molecule has 1 aromatic heterocycles. The van der Waals surface area contributed by atoms with Gasteiger partial charge in [0.25, 0.3) is 0 Å². The average molecular weight is 271 g/mol. The van der Waals surface area contributed by atoms with Crippen molar-refractivity contribution in [2.75, 3.05) is 5.73 Å². The van der Waals surface area contributed by atoms with Gasteiger partial charge in [-0.05, 0) is 43.4 Å². The second kappa shape index (κ2) is 6.11. The lowest BCUT2D eigenvalue weighted by Crippen LogP contribution is -2.04. The molecule has 0 aromatic carbocycles. The van der Waals surface area contributed by atoms with E-state index >= 15 is 0 Å². The van der Waals surface area contributed by atoms with Gasteiger partial charge in [-0.2, -0.15) is 0 Å². The standard InChI is InChI=1S/C12H19BrN2/c1-3-4-10(13)5-6-11-9(2)7-8-15-12(11)14/h7-8,10H,3-6H2,1-2H3,(H2,14,15). The highest BCUT2D eigenvalue weighted by atomic mass is 79.9. The van der Waals surface area contributed by atoms with Crippen LogP contribution in [0.15, 0.2) is 12.3 Å². The molecule has 0 spiro atoms. The van der Waals surface area contributed by atoms with Crippen LogP contribution in [0.2, 0.25) is 0 Å². The highest BCUT2D eigenvalue weighted by Gasteiger charge is 2.07. The Balaban J connectivity index is 2.57. The molecule has 2 nitrogen and oxygen atoms in total. The minimum atomic E-state index is 0.599. The summed E-state index contributed by atoms with van der Waals surface area (Å²) < 4.78 is 0.